The number of amides is 2. The van der Waals surface area contributed by atoms with E-state index in [1.54, 1.807) is 31.2 Å². The fourth-order valence-electron chi connectivity index (χ4n) is 2.84. The molecule has 0 radical (unpaired) electrons. The summed E-state index contributed by atoms with van der Waals surface area (Å²) in [6.07, 6.45) is 0.834. The number of carbonyl (C=O) groups is 2. The van der Waals surface area contributed by atoms with Gasteiger partial charge in [0, 0.05) is 27.1 Å². The standard InChI is InChI=1S/C16H21FN2O3/c1-19-14(20)8-7-13(16(21)18-9-10-22-2)15(19)11-3-5-12(17)6-4-11/h3-6,13,15H,7-10H2,1-2H3,(H,18,21)/t13-,15-/m1/s1. The van der Waals surface area contributed by atoms with Crippen LogP contribution in [0.25, 0.3) is 0 Å². The van der Waals surface area contributed by atoms with Crippen LogP contribution in [0.3, 0.4) is 0 Å². The van der Waals surface area contributed by atoms with E-state index in [2.05, 4.69) is 5.32 Å². The van der Waals surface area contributed by atoms with Crippen LogP contribution in [0.5, 0.6) is 0 Å². The molecule has 22 heavy (non-hydrogen) atoms. The van der Waals surface area contributed by atoms with Crippen molar-refractivity contribution in [1.29, 1.82) is 0 Å². The van der Waals surface area contributed by atoms with Crippen molar-refractivity contribution < 1.29 is 18.7 Å². The number of nitrogens with zero attached hydrogens (tertiary/aromatic N) is 1. The summed E-state index contributed by atoms with van der Waals surface area (Å²) in [7, 11) is 3.26. The maximum atomic E-state index is 13.1. The molecule has 1 aromatic carbocycles. The summed E-state index contributed by atoms with van der Waals surface area (Å²) >= 11 is 0. The van der Waals surface area contributed by atoms with E-state index in [0.717, 1.165) is 5.56 Å². The summed E-state index contributed by atoms with van der Waals surface area (Å²) < 4.78 is 18.0. The number of carbonyl (C=O) groups excluding carboxylic acids is 2. The third-order valence-corrected chi connectivity index (χ3v) is 4.01. The van der Waals surface area contributed by atoms with Crippen LogP contribution in [0.4, 0.5) is 4.39 Å². The molecule has 1 aliphatic rings. The highest BCUT2D eigenvalue weighted by molar-refractivity contribution is 5.84. The third-order valence-electron chi connectivity index (χ3n) is 4.01. The molecule has 2 atom stereocenters. The minimum Gasteiger partial charge on any atom is -0.383 e. The van der Waals surface area contributed by atoms with Crippen LogP contribution < -0.4 is 5.32 Å². The van der Waals surface area contributed by atoms with E-state index in [4.69, 9.17) is 4.74 Å². The average molecular weight is 308 g/mol. The van der Waals surface area contributed by atoms with E-state index in [1.807, 2.05) is 0 Å². The highest BCUT2D eigenvalue weighted by Gasteiger charge is 2.38. The number of rotatable bonds is 5. The second-order valence-corrected chi connectivity index (χ2v) is 5.43. The van der Waals surface area contributed by atoms with Gasteiger partial charge in [-0.05, 0) is 24.1 Å². The zero-order chi connectivity index (χ0) is 16.1. The van der Waals surface area contributed by atoms with Crippen molar-refractivity contribution in [2.75, 3.05) is 27.3 Å². The lowest BCUT2D eigenvalue weighted by molar-refractivity contribution is -0.141. The Morgan fingerprint density at radius 1 is 1.41 bits per heavy atom. The van der Waals surface area contributed by atoms with Gasteiger partial charge in [-0.3, -0.25) is 9.59 Å². The number of likely N-dealkylation sites (tertiary alicyclic amines) is 1. The minimum atomic E-state index is -0.371. The molecule has 0 aliphatic carbocycles. The van der Waals surface area contributed by atoms with Crippen LogP contribution in [0.15, 0.2) is 24.3 Å². The zero-order valence-electron chi connectivity index (χ0n) is 12.8. The summed E-state index contributed by atoms with van der Waals surface area (Å²) in [4.78, 5) is 26.0. The number of nitrogens with one attached hydrogen (secondary N) is 1. The molecular weight excluding hydrogens is 287 g/mol. The van der Waals surface area contributed by atoms with Crippen molar-refractivity contribution in [3.8, 4) is 0 Å². The van der Waals surface area contributed by atoms with Gasteiger partial charge in [0.2, 0.25) is 11.8 Å². The molecule has 1 heterocycles. The summed E-state index contributed by atoms with van der Waals surface area (Å²) in [5, 5.41) is 2.82. The summed E-state index contributed by atoms with van der Waals surface area (Å²) in [5.74, 6) is -0.791. The van der Waals surface area contributed by atoms with E-state index in [1.165, 1.54) is 12.1 Å². The molecular formula is C16H21FN2O3. The fourth-order valence-corrected chi connectivity index (χ4v) is 2.84. The van der Waals surface area contributed by atoms with Crippen LogP contribution in [-0.4, -0.2) is 44.0 Å². The SMILES string of the molecule is COCCNC(=O)[C@@H]1CCC(=O)N(C)[C@@H]1c1ccc(F)cc1. The third kappa shape index (κ3) is 3.62. The van der Waals surface area contributed by atoms with Gasteiger partial charge in [0.25, 0.3) is 0 Å². The lowest BCUT2D eigenvalue weighted by atomic mass is 9.84. The van der Waals surface area contributed by atoms with Gasteiger partial charge < -0.3 is 15.0 Å². The van der Waals surface area contributed by atoms with Gasteiger partial charge in [-0.1, -0.05) is 12.1 Å². The lowest BCUT2D eigenvalue weighted by Crippen LogP contribution is -2.46. The number of halogens is 1. The van der Waals surface area contributed by atoms with Crippen LogP contribution in [0, 0.1) is 11.7 Å². The van der Waals surface area contributed by atoms with Crippen LogP contribution in [0.1, 0.15) is 24.4 Å². The van der Waals surface area contributed by atoms with E-state index in [9.17, 15) is 14.0 Å². The normalized spacial score (nSPS) is 21.8. The van der Waals surface area contributed by atoms with Gasteiger partial charge in [-0.25, -0.2) is 4.39 Å². The van der Waals surface area contributed by atoms with E-state index >= 15 is 0 Å². The quantitative estimate of drug-likeness (QED) is 0.839. The van der Waals surface area contributed by atoms with E-state index in [-0.39, 0.29) is 29.6 Å². The largest absolute Gasteiger partial charge is 0.383 e. The molecule has 6 heteroatoms. The Morgan fingerprint density at radius 2 is 2.09 bits per heavy atom. The fraction of sp³-hybridized carbons (Fsp3) is 0.500. The molecule has 1 fully saturated rings. The van der Waals surface area contributed by atoms with Crippen molar-refractivity contribution in [3.05, 3.63) is 35.6 Å². The van der Waals surface area contributed by atoms with Crippen LogP contribution >= 0.6 is 0 Å². The van der Waals surface area contributed by atoms with Gasteiger partial charge in [-0.2, -0.15) is 0 Å². The predicted molar refractivity (Wildman–Crippen MR) is 79.5 cm³/mol. The molecule has 1 saturated heterocycles. The molecule has 1 aromatic rings. The minimum absolute atomic E-state index is 0.00438. The highest BCUT2D eigenvalue weighted by atomic mass is 19.1. The highest BCUT2D eigenvalue weighted by Crippen LogP contribution is 2.35. The first kappa shape index (κ1) is 16.4. The van der Waals surface area contributed by atoms with Crippen molar-refractivity contribution in [2.45, 2.75) is 18.9 Å². The first-order chi connectivity index (χ1) is 10.5. The van der Waals surface area contributed by atoms with Crippen molar-refractivity contribution >= 4 is 11.8 Å². The molecule has 120 valence electrons. The van der Waals surface area contributed by atoms with Gasteiger partial charge >= 0.3 is 0 Å². The molecule has 0 spiro atoms. The number of ether oxygens (including phenoxy) is 1. The van der Waals surface area contributed by atoms with Gasteiger partial charge in [-0.15, -0.1) is 0 Å². The van der Waals surface area contributed by atoms with Crippen molar-refractivity contribution in [2.24, 2.45) is 5.92 Å². The number of hydrogen-bond acceptors (Lipinski definition) is 3. The zero-order valence-corrected chi connectivity index (χ0v) is 12.8. The molecule has 1 N–H and O–H groups in total. The Balaban J connectivity index is 2.20. The summed E-state index contributed by atoms with van der Waals surface area (Å²) in [6.45, 7) is 0.869. The van der Waals surface area contributed by atoms with Crippen molar-refractivity contribution in [1.82, 2.24) is 10.2 Å². The van der Waals surface area contributed by atoms with Crippen LogP contribution in [-0.2, 0) is 14.3 Å². The monoisotopic (exact) mass is 308 g/mol. The Morgan fingerprint density at radius 3 is 2.73 bits per heavy atom. The Kier molecular flexibility index (Phi) is 5.49. The van der Waals surface area contributed by atoms with Gasteiger partial charge in [0.15, 0.2) is 0 Å². The Bertz CT molecular complexity index is 533. The van der Waals surface area contributed by atoms with E-state index in [0.29, 0.717) is 26.0 Å². The topological polar surface area (TPSA) is 58.6 Å². The number of hydrogen-bond donors (Lipinski definition) is 1. The molecule has 0 saturated carbocycles. The Hall–Kier alpha value is -1.95. The lowest BCUT2D eigenvalue weighted by Gasteiger charge is -2.38. The van der Waals surface area contributed by atoms with Crippen LogP contribution in [0.2, 0.25) is 0 Å². The number of methoxy groups -OCH3 is 1. The average Bonchev–Trinajstić information content (AvgIpc) is 2.51. The maximum Gasteiger partial charge on any atom is 0.225 e. The first-order valence-electron chi connectivity index (χ1n) is 7.32. The number of piperidine rings is 1. The number of benzene rings is 1. The first-order valence-corrected chi connectivity index (χ1v) is 7.32. The molecule has 1 aliphatic heterocycles. The van der Waals surface area contributed by atoms with E-state index < -0.39 is 0 Å². The molecule has 2 amide bonds. The summed E-state index contributed by atoms with van der Waals surface area (Å²) in [5.41, 5.74) is 0.767. The molecule has 0 unspecified atom stereocenters. The van der Waals surface area contributed by atoms with Crippen molar-refractivity contribution in [3.63, 3.8) is 0 Å². The Labute approximate surface area is 129 Å². The molecule has 2 rings (SSSR count). The second kappa shape index (κ2) is 7.35. The van der Waals surface area contributed by atoms with Gasteiger partial charge in [0.1, 0.15) is 5.82 Å². The summed E-state index contributed by atoms with van der Waals surface area (Å²) in [6, 6.07) is 5.59. The molecule has 0 bridgehead atoms. The van der Waals surface area contributed by atoms with Gasteiger partial charge in [0.05, 0.1) is 18.6 Å². The maximum absolute atomic E-state index is 13.1. The molecule has 5 nitrogen and oxygen atoms in total. The second-order valence-electron chi connectivity index (χ2n) is 5.43. The smallest absolute Gasteiger partial charge is 0.225 e. The predicted octanol–water partition coefficient (Wildman–Crippen LogP) is 1.50. The molecule has 0 aromatic heterocycles.